The van der Waals surface area contributed by atoms with Crippen molar-refractivity contribution in [3.8, 4) is 11.5 Å². The number of hydrogen-bond donors (Lipinski definition) is 1. The van der Waals surface area contributed by atoms with E-state index in [1.54, 1.807) is 18.5 Å². The largest absolute Gasteiger partial charge is 0.463 e. The zero-order valence-corrected chi connectivity index (χ0v) is 12.4. The van der Waals surface area contributed by atoms with Crippen LogP contribution in [-0.4, -0.2) is 11.1 Å². The molecule has 1 N–H and O–H groups in total. The number of amides is 1. The van der Waals surface area contributed by atoms with E-state index in [1.165, 1.54) is 0 Å². The number of furan rings is 1. The first-order valence-electron chi connectivity index (χ1n) is 7.25. The average molecular weight is 308 g/mol. The number of carbonyl (C=O) groups is 1. The molecule has 0 aliphatic heterocycles. The van der Waals surface area contributed by atoms with Crippen LogP contribution in [0.4, 0.5) is 4.79 Å². The molecule has 2 heterocycles. The van der Waals surface area contributed by atoms with E-state index in [9.17, 15) is 4.79 Å². The van der Waals surface area contributed by atoms with Crippen molar-refractivity contribution >= 4 is 6.09 Å². The highest BCUT2D eigenvalue weighted by Crippen LogP contribution is 2.21. The van der Waals surface area contributed by atoms with Gasteiger partial charge in [-0.2, -0.15) is 0 Å². The lowest BCUT2D eigenvalue weighted by molar-refractivity contribution is 0.139. The van der Waals surface area contributed by atoms with Crippen LogP contribution in [0.2, 0.25) is 0 Å². The summed E-state index contributed by atoms with van der Waals surface area (Å²) in [6.07, 6.45) is 2.81. The summed E-state index contributed by atoms with van der Waals surface area (Å²) in [7, 11) is 0. The maximum Gasteiger partial charge on any atom is 0.407 e. The van der Waals surface area contributed by atoms with Gasteiger partial charge in [0.05, 0.1) is 6.26 Å². The second-order valence-electron chi connectivity index (χ2n) is 4.90. The second kappa shape index (κ2) is 7.26. The summed E-state index contributed by atoms with van der Waals surface area (Å²) in [4.78, 5) is 16.1. The molecule has 3 aromatic rings. The summed E-state index contributed by atoms with van der Waals surface area (Å²) in [6.45, 7) is 0.558. The molecule has 0 saturated heterocycles. The Labute approximate surface area is 133 Å². The summed E-state index contributed by atoms with van der Waals surface area (Å²) in [5.74, 6) is 0.667. The molecule has 1 aromatic carbocycles. The number of nitrogens with one attached hydrogen (secondary N) is 1. The van der Waals surface area contributed by atoms with Crippen LogP contribution >= 0.6 is 0 Å². The fourth-order valence-electron chi connectivity index (χ4n) is 2.16. The van der Waals surface area contributed by atoms with E-state index in [1.807, 2.05) is 48.5 Å². The predicted octanol–water partition coefficient (Wildman–Crippen LogP) is 3.77. The van der Waals surface area contributed by atoms with Crippen molar-refractivity contribution in [2.45, 2.75) is 13.2 Å². The molecule has 0 aliphatic carbocycles. The number of hydrogen-bond acceptors (Lipinski definition) is 4. The Kier molecular flexibility index (Phi) is 4.69. The number of aromatic nitrogens is 1. The molecule has 0 radical (unpaired) electrons. The highest BCUT2D eigenvalue weighted by molar-refractivity contribution is 5.68. The topological polar surface area (TPSA) is 64.4 Å². The Bertz CT molecular complexity index is 755. The van der Waals surface area contributed by atoms with Crippen molar-refractivity contribution in [1.82, 2.24) is 10.3 Å². The van der Waals surface area contributed by atoms with Crippen molar-refractivity contribution in [1.29, 1.82) is 0 Å². The van der Waals surface area contributed by atoms with Gasteiger partial charge in [-0.1, -0.05) is 36.4 Å². The standard InChI is InChI=1S/C18H16N2O3/c21-18(23-13-14-6-2-1-3-7-14)20-12-15-8-4-10-19-17(15)16-9-5-11-22-16/h1-11H,12-13H2,(H,20,21). The van der Waals surface area contributed by atoms with E-state index in [-0.39, 0.29) is 6.61 Å². The minimum atomic E-state index is -0.469. The van der Waals surface area contributed by atoms with Gasteiger partial charge in [0, 0.05) is 18.3 Å². The number of ether oxygens (including phenoxy) is 1. The molecule has 0 saturated carbocycles. The number of pyridine rings is 1. The molecular weight excluding hydrogens is 292 g/mol. The third-order valence-corrected chi connectivity index (χ3v) is 3.28. The molecule has 3 rings (SSSR count). The Morgan fingerprint density at radius 2 is 1.96 bits per heavy atom. The van der Waals surface area contributed by atoms with Crippen LogP contribution in [0.25, 0.3) is 11.5 Å². The predicted molar refractivity (Wildman–Crippen MR) is 85.4 cm³/mol. The SMILES string of the molecule is O=C(NCc1cccnc1-c1ccco1)OCc1ccccc1. The molecule has 2 aromatic heterocycles. The normalized spacial score (nSPS) is 10.3. The van der Waals surface area contributed by atoms with E-state index in [2.05, 4.69) is 10.3 Å². The van der Waals surface area contributed by atoms with Crippen LogP contribution in [0.1, 0.15) is 11.1 Å². The molecular formula is C18H16N2O3. The van der Waals surface area contributed by atoms with E-state index >= 15 is 0 Å². The Morgan fingerprint density at radius 3 is 2.74 bits per heavy atom. The molecule has 5 nitrogen and oxygen atoms in total. The Morgan fingerprint density at radius 1 is 1.09 bits per heavy atom. The van der Waals surface area contributed by atoms with Crippen molar-refractivity contribution in [2.24, 2.45) is 0 Å². The van der Waals surface area contributed by atoms with Crippen molar-refractivity contribution in [2.75, 3.05) is 0 Å². The van der Waals surface area contributed by atoms with Crippen molar-refractivity contribution in [3.63, 3.8) is 0 Å². The lowest BCUT2D eigenvalue weighted by Gasteiger charge is -2.09. The Balaban J connectivity index is 1.57. The van der Waals surface area contributed by atoms with Crippen LogP contribution in [-0.2, 0) is 17.9 Å². The van der Waals surface area contributed by atoms with E-state index in [0.29, 0.717) is 18.0 Å². The minimum absolute atomic E-state index is 0.241. The third kappa shape index (κ3) is 3.97. The van der Waals surface area contributed by atoms with Gasteiger partial charge < -0.3 is 14.5 Å². The molecule has 0 bridgehead atoms. The molecule has 0 atom stereocenters. The number of benzene rings is 1. The zero-order chi connectivity index (χ0) is 15.9. The highest BCUT2D eigenvalue weighted by atomic mass is 16.5. The molecule has 0 unspecified atom stereocenters. The van der Waals surface area contributed by atoms with E-state index in [0.717, 1.165) is 11.1 Å². The molecule has 5 heteroatoms. The Hall–Kier alpha value is -3.08. The van der Waals surface area contributed by atoms with Crippen LogP contribution in [0.3, 0.4) is 0 Å². The second-order valence-corrected chi connectivity index (χ2v) is 4.90. The maximum absolute atomic E-state index is 11.8. The van der Waals surface area contributed by atoms with Crippen LogP contribution in [0.15, 0.2) is 71.5 Å². The fourth-order valence-corrected chi connectivity index (χ4v) is 2.16. The van der Waals surface area contributed by atoms with Gasteiger partial charge >= 0.3 is 6.09 Å². The van der Waals surface area contributed by atoms with Gasteiger partial charge in [-0.3, -0.25) is 4.98 Å². The number of alkyl carbamates (subject to hydrolysis) is 1. The first-order chi connectivity index (χ1) is 11.3. The van der Waals surface area contributed by atoms with Gasteiger partial charge in [-0.05, 0) is 23.8 Å². The van der Waals surface area contributed by atoms with Crippen LogP contribution < -0.4 is 5.32 Å². The smallest absolute Gasteiger partial charge is 0.407 e. The third-order valence-electron chi connectivity index (χ3n) is 3.28. The summed E-state index contributed by atoms with van der Waals surface area (Å²) < 4.78 is 10.6. The quantitative estimate of drug-likeness (QED) is 0.779. The summed E-state index contributed by atoms with van der Waals surface area (Å²) in [5, 5.41) is 2.73. The molecule has 23 heavy (non-hydrogen) atoms. The van der Waals surface area contributed by atoms with Crippen LogP contribution in [0, 0.1) is 0 Å². The molecule has 0 spiro atoms. The summed E-state index contributed by atoms with van der Waals surface area (Å²) in [6, 6.07) is 16.9. The van der Waals surface area contributed by atoms with E-state index < -0.39 is 6.09 Å². The van der Waals surface area contributed by atoms with Gasteiger partial charge in [0.2, 0.25) is 0 Å². The monoisotopic (exact) mass is 308 g/mol. The number of nitrogens with zero attached hydrogens (tertiary/aromatic N) is 1. The maximum atomic E-state index is 11.8. The number of rotatable bonds is 5. The minimum Gasteiger partial charge on any atom is -0.463 e. The van der Waals surface area contributed by atoms with Crippen LogP contribution in [0.5, 0.6) is 0 Å². The fraction of sp³-hybridized carbons (Fsp3) is 0.111. The van der Waals surface area contributed by atoms with Crippen molar-refractivity contribution in [3.05, 3.63) is 78.2 Å². The van der Waals surface area contributed by atoms with E-state index in [4.69, 9.17) is 9.15 Å². The lowest BCUT2D eigenvalue weighted by atomic mass is 10.1. The lowest BCUT2D eigenvalue weighted by Crippen LogP contribution is -2.24. The highest BCUT2D eigenvalue weighted by Gasteiger charge is 2.10. The first-order valence-corrected chi connectivity index (χ1v) is 7.25. The van der Waals surface area contributed by atoms with Gasteiger partial charge in [-0.15, -0.1) is 0 Å². The van der Waals surface area contributed by atoms with Gasteiger partial charge in [0.15, 0.2) is 5.76 Å². The molecule has 116 valence electrons. The van der Waals surface area contributed by atoms with Gasteiger partial charge in [0.1, 0.15) is 12.3 Å². The van der Waals surface area contributed by atoms with Gasteiger partial charge in [-0.25, -0.2) is 4.79 Å². The average Bonchev–Trinajstić information content (AvgIpc) is 3.14. The van der Waals surface area contributed by atoms with Gasteiger partial charge in [0.25, 0.3) is 0 Å². The first kappa shape index (κ1) is 14.8. The summed E-state index contributed by atoms with van der Waals surface area (Å²) in [5.41, 5.74) is 2.51. The summed E-state index contributed by atoms with van der Waals surface area (Å²) >= 11 is 0. The molecule has 0 aliphatic rings. The molecule has 0 fully saturated rings. The zero-order valence-electron chi connectivity index (χ0n) is 12.4. The molecule has 1 amide bonds. The number of carbonyl (C=O) groups excluding carboxylic acids is 1. The van der Waals surface area contributed by atoms with Crippen molar-refractivity contribution < 1.29 is 13.9 Å².